The minimum Gasteiger partial charge on any atom is -0.370 e. The maximum absolute atomic E-state index is 6.22. The van der Waals surface area contributed by atoms with Crippen LogP contribution in [0.2, 0.25) is 5.02 Å². The summed E-state index contributed by atoms with van der Waals surface area (Å²) in [6.07, 6.45) is 0.956. The minimum atomic E-state index is 0.331. The number of hydrogen-bond donors (Lipinski definition) is 1. The molecule has 84 valence electrons. The molecule has 0 aromatic heterocycles. The van der Waals surface area contributed by atoms with Crippen molar-refractivity contribution in [1.82, 2.24) is 5.32 Å². The summed E-state index contributed by atoms with van der Waals surface area (Å²) < 4.78 is 0. The van der Waals surface area contributed by atoms with Crippen LogP contribution in [0.4, 0.5) is 5.69 Å². The van der Waals surface area contributed by atoms with Gasteiger partial charge >= 0.3 is 0 Å². The zero-order valence-electron chi connectivity index (χ0n) is 9.20. The van der Waals surface area contributed by atoms with E-state index in [0.717, 1.165) is 30.4 Å². The van der Waals surface area contributed by atoms with Gasteiger partial charge in [-0.25, -0.2) is 0 Å². The SMILES string of the molecule is CN1c2cccc(Cl)c2CC1C1=NCCN1. The molecular weight excluding hydrogens is 222 g/mol. The van der Waals surface area contributed by atoms with Crippen LogP contribution < -0.4 is 10.2 Å². The van der Waals surface area contributed by atoms with Crippen LogP contribution in [-0.4, -0.2) is 32.0 Å². The highest BCUT2D eigenvalue weighted by atomic mass is 35.5. The molecule has 2 aliphatic rings. The van der Waals surface area contributed by atoms with Crippen molar-refractivity contribution in [2.24, 2.45) is 4.99 Å². The van der Waals surface area contributed by atoms with Crippen molar-refractivity contribution < 1.29 is 0 Å². The molecule has 4 heteroatoms. The Labute approximate surface area is 100 Å². The summed E-state index contributed by atoms with van der Waals surface area (Å²) in [5.41, 5.74) is 2.47. The zero-order chi connectivity index (χ0) is 11.1. The van der Waals surface area contributed by atoms with Gasteiger partial charge < -0.3 is 10.2 Å². The summed E-state index contributed by atoms with van der Waals surface area (Å²) in [5, 5.41) is 4.21. The van der Waals surface area contributed by atoms with E-state index in [4.69, 9.17) is 11.6 Å². The quantitative estimate of drug-likeness (QED) is 0.803. The van der Waals surface area contributed by atoms with Gasteiger partial charge in [0.05, 0.1) is 12.6 Å². The number of amidine groups is 1. The number of likely N-dealkylation sites (N-methyl/N-ethyl adjacent to an activating group) is 1. The van der Waals surface area contributed by atoms with E-state index in [0.29, 0.717) is 6.04 Å². The molecule has 0 radical (unpaired) electrons. The van der Waals surface area contributed by atoms with E-state index in [-0.39, 0.29) is 0 Å². The summed E-state index contributed by atoms with van der Waals surface area (Å²) >= 11 is 6.22. The van der Waals surface area contributed by atoms with Gasteiger partial charge in [-0.2, -0.15) is 0 Å². The first-order valence-corrected chi connectivity index (χ1v) is 5.93. The molecule has 16 heavy (non-hydrogen) atoms. The molecule has 0 amide bonds. The molecule has 0 bridgehead atoms. The Balaban J connectivity index is 1.97. The molecule has 0 spiro atoms. The molecule has 0 saturated carbocycles. The zero-order valence-corrected chi connectivity index (χ0v) is 9.96. The van der Waals surface area contributed by atoms with Crippen molar-refractivity contribution in [2.45, 2.75) is 12.5 Å². The highest BCUT2D eigenvalue weighted by Gasteiger charge is 2.32. The van der Waals surface area contributed by atoms with E-state index < -0.39 is 0 Å². The molecule has 1 N–H and O–H groups in total. The summed E-state index contributed by atoms with van der Waals surface area (Å²) in [6.45, 7) is 1.85. The van der Waals surface area contributed by atoms with E-state index >= 15 is 0 Å². The Kier molecular flexibility index (Phi) is 2.28. The number of nitrogens with zero attached hydrogens (tertiary/aromatic N) is 2. The average molecular weight is 236 g/mol. The lowest BCUT2D eigenvalue weighted by molar-refractivity contribution is 0.811. The van der Waals surface area contributed by atoms with Crippen LogP contribution in [0.3, 0.4) is 0 Å². The number of rotatable bonds is 1. The third-order valence-corrected chi connectivity index (χ3v) is 3.71. The summed E-state index contributed by atoms with van der Waals surface area (Å²) in [4.78, 5) is 6.76. The van der Waals surface area contributed by atoms with Crippen LogP contribution in [0.15, 0.2) is 23.2 Å². The van der Waals surface area contributed by atoms with Gasteiger partial charge in [0.25, 0.3) is 0 Å². The van der Waals surface area contributed by atoms with E-state index in [9.17, 15) is 0 Å². The predicted molar refractivity (Wildman–Crippen MR) is 67.7 cm³/mol. The Morgan fingerprint density at radius 1 is 1.50 bits per heavy atom. The predicted octanol–water partition coefficient (Wildman–Crippen LogP) is 1.70. The lowest BCUT2D eigenvalue weighted by Gasteiger charge is -2.22. The normalized spacial score (nSPS) is 23.0. The lowest BCUT2D eigenvalue weighted by atomic mass is 10.1. The molecule has 1 unspecified atom stereocenters. The van der Waals surface area contributed by atoms with Gasteiger partial charge in [0.2, 0.25) is 0 Å². The fourth-order valence-corrected chi connectivity index (χ4v) is 2.74. The standard InChI is InChI=1S/C12H14ClN3/c1-16-10-4-2-3-9(13)8(10)7-11(16)12-14-5-6-15-12/h2-4,11H,5-7H2,1H3,(H,14,15). The second-order valence-electron chi connectivity index (χ2n) is 4.26. The largest absolute Gasteiger partial charge is 0.370 e. The monoisotopic (exact) mass is 235 g/mol. The van der Waals surface area contributed by atoms with Crippen LogP contribution in [-0.2, 0) is 6.42 Å². The number of hydrogen-bond acceptors (Lipinski definition) is 3. The van der Waals surface area contributed by atoms with Crippen LogP contribution in [0.5, 0.6) is 0 Å². The van der Waals surface area contributed by atoms with Gasteiger partial charge in [-0.05, 0) is 17.7 Å². The Hall–Kier alpha value is -1.22. The number of aliphatic imine (C=N–C) groups is 1. The molecule has 3 rings (SSSR count). The first-order chi connectivity index (χ1) is 7.77. The number of halogens is 1. The van der Waals surface area contributed by atoms with Crippen molar-refractivity contribution >= 4 is 23.1 Å². The highest BCUT2D eigenvalue weighted by Crippen LogP contribution is 2.35. The van der Waals surface area contributed by atoms with Crippen LogP contribution in [0, 0.1) is 0 Å². The fraction of sp³-hybridized carbons (Fsp3) is 0.417. The van der Waals surface area contributed by atoms with Crippen molar-refractivity contribution in [1.29, 1.82) is 0 Å². The Morgan fingerprint density at radius 2 is 2.38 bits per heavy atom. The van der Waals surface area contributed by atoms with E-state index in [1.54, 1.807) is 0 Å². The third kappa shape index (κ3) is 1.39. The van der Waals surface area contributed by atoms with Crippen LogP contribution in [0.1, 0.15) is 5.56 Å². The van der Waals surface area contributed by atoms with E-state index in [1.165, 1.54) is 11.3 Å². The Morgan fingerprint density at radius 3 is 3.06 bits per heavy atom. The van der Waals surface area contributed by atoms with E-state index in [1.807, 2.05) is 12.1 Å². The molecule has 1 aromatic carbocycles. The third-order valence-electron chi connectivity index (χ3n) is 3.35. The second-order valence-corrected chi connectivity index (χ2v) is 4.67. The lowest BCUT2D eigenvalue weighted by Crippen LogP contribution is -2.41. The first kappa shape index (κ1) is 9.97. The van der Waals surface area contributed by atoms with Crippen molar-refractivity contribution in [2.75, 3.05) is 25.0 Å². The van der Waals surface area contributed by atoms with Crippen molar-refractivity contribution in [3.05, 3.63) is 28.8 Å². The van der Waals surface area contributed by atoms with E-state index in [2.05, 4.69) is 28.3 Å². The first-order valence-electron chi connectivity index (χ1n) is 5.56. The molecule has 0 saturated heterocycles. The van der Waals surface area contributed by atoms with Crippen molar-refractivity contribution in [3.8, 4) is 0 Å². The molecule has 1 aromatic rings. The minimum absolute atomic E-state index is 0.331. The van der Waals surface area contributed by atoms with Crippen LogP contribution >= 0.6 is 11.6 Å². The maximum Gasteiger partial charge on any atom is 0.120 e. The number of benzene rings is 1. The molecule has 1 atom stereocenters. The number of anilines is 1. The van der Waals surface area contributed by atoms with Crippen molar-refractivity contribution in [3.63, 3.8) is 0 Å². The summed E-state index contributed by atoms with van der Waals surface area (Å²) in [6, 6.07) is 6.42. The average Bonchev–Trinajstić information content (AvgIpc) is 2.88. The summed E-state index contributed by atoms with van der Waals surface area (Å²) in [5.74, 6) is 1.11. The molecular formula is C12H14ClN3. The number of nitrogens with one attached hydrogen (secondary N) is 1. The molecule has 2 aliphatic heterocycles. The molecule has 0 fully saturated rings. The Bertz CT molecular complexity index is 456. The smallest absolute Gasteiger partial charge is 0.120 e. The van der Waals surface area contributed by atoms with Gasteiger partial charge in [-0.1, -0.05) is 17.7 Å². The highest BCUT2D eigenvalue weighted by molar-refractivity contribution is 6.32. The van der Waals surface area contributed by atoms with Gasteiger partial charge in [0.1, 0.15) is 5.84 Å². The van der Waals surface area contributed by atoms with Crippen LogP contribution in [0.25, 0.3) is 0 Å². The van der Waals surface area contributed by atoms with Gasteiger partial charge in [0, 0.05) is 30.7 Å². The van der Waals surface area contributed by atoms with Gasteiger partial charge in [-0.3, -0.25) is 4.99 Å². The molecule has 2 heterocycles. The summed E-state index contributed by atoms with van der Waals surface area (Å²) in [7, 11) is 2.11. The van der Waals surface area contributed by atoms with Gasteiger partial charge in [0.15, 0.2) is 0 Å². The number of fused-ring (bicyclic) bond motifs is 1. The topological polar surface area (TPSA) is 27.6 Å². The molecule has 0 aliphatic carbocycles. The van der Waals surface area contributed by atoms with Gasteiger partial charge in [-0.15, -0.1) is 0 Å². The second kappa shape index (κ2) is 3.67. The maximum atomic E-state index is 6.22. The fourth-order valence-electron chi connectivity index (χ4n) is 2.50. The molecule has 3 nitrogen and oxygen atoms in total.